The Morgan fingerprint density at radius 2 is 2.00 bits per heavy atom. The van der Waals surface area contributed by atoms with E-state index in [1.54, 1.807) is 17.5 Å². The normalized spacial score (nSPS) is 11.4. The molecule has 0 saturated heterocycles. The molecule has 1 aromatic carbocycles. The SMILES string of the molecule is Nc1nc2c[nH]c(O)c2c2sc(-c3ccccc3)cc12. The molecule has 0 aliphatic heterocycles. The molecule has 5 heteroatoms. The number of nitrogens with two attached hydrogens (primary N) is 1. The van der Waals surface area contributed by atoms with Crippen LogP contribution in [0.2, 0.25) is 0 Å². The van der Waals surface area contributed by atoms with E-state index in [4.69, 9.17) is 5.73 Å². The molecule has 0 spiro atoms. The van der Waals surface area contributed by atoms with Crippen LogP contribution in [0, 0.1) is 0 Å². The van der Waals surface area contributed by atoms with Crippen LogP contribution in [0.5, 0.6) is 5.88 Å². The van der Waals surface area contributed by atoms with Crippen LogP contribution in [0.1, 0.15) is 0 Å². The predicted molar refractivity (Wildman–Crippen MR) is 83.0 cm³/mol. The number of nitrogens with zero attached hydrogens (tertiary/aromatic N) is 1. The second-order valence-corrected chi connectivity index (χ2v) is 5.67. The van der Waals surface area contributed by atoms with Gasteiger partial charge in [0.25, 0.3) is 0 Å². The van der Waals surface area contributed by atoms with Crippen molar-refractivity contribution in [3.63, 3.8) is 0 Å². The fourth-order valence-corrected chi connectivity index (χ4v) is 3.64. The van der Waals surface area contributed by atoms with E-state index in [0.717, 1.165) is 25.9 Å². The number of nitrogen functional groups attached to an aromatic ring is 1. The van der Waals surface area contributed by atoms with Crippen LogP contribution >= 0.6 is 11.3 Å². The maximum atomic E-state index is 9.95. The van der Waals surface area contributed by atoms with Crippen LogP contribution in [0.4, 0.5) is 5.82 Å². The highest BCUT2D eigenvalue weighted by molar-refractivity contribution is 7.23. The molecule has 4 nitrogen and oxygen atoms in total. The van der Waals surface area contributed by atoms with Crippen molar-refractivity contribution in [1.82, 2.24) is 9.97 Å². The summed E-state index contributed by atoms with van der Waals surface area (Å²) in [6.07, 6.45) is 1.67. The number of hydrogen-bond donors (Lipinski definition) is 3. The Morgan fingerprint density at radius 3 is 2.80 bits per heavy atom. The van der Waals surface area contributed by atoms with E-state index in [1.165, 1.54) is 0 Å². The Morgan fingerprint density at radius 1 is 1.20 bits per heavy atom. The summed E-state index contributed by atoms with van der Waals surface area (Å²) in [7, 11) is 0. The van der Waals surface area contributed by atoms with Gasteiger partial charge in [-0.25, -0.2) is 4.98 Å². The zero-order chi connectivity index (χ0) is 13.7. The van der Waals surface area contributed by atoms with Gasteiger partial charge in [-0.2, -0.15) is 0 Å². The van der Waals surface area contributed by atoms with Crippen molar-refractivity contribution in [2.45, 2.75) is 0 Å². The van der Waals surface area contributed by atoms with Crippen molar-refractivity contribution >= 4 is 38.1 Å². The van der Waals surface area contributed by atoms with Crippen LogP contribution in [0.15, 0.2) is 42.6 Å². The molecule has 3 aromatic heterocycles. The number of aromatic hydroxyl groups is 1. The summed E-state index contributed by atoms with van der Waals surface area (Å²) in [6, 6.07) is 12.1. The Hall–Kier alpha value is -2.53. The molecule has 0 atom stereocenters. The summed E-state index contributed by atoms with van der Waals surface area (Å²) in [4.78, 5) is 8.23. The van der Waals surface area contributed by atoms with Crippen molar-refractivity contribution in [3.8, 4) is 16.3 Å². The predicted octanol–water partition coefficient (Wildman–Crippen LogP) is 3.73. The van der Waals surface area contributed by atoms with E-state index >= 15 is 0 Å². The van der Waals surface area contributed by atoms with E-state index < -0.39 is 0 Å². The van der Waals surface area contributed by atoms with Gasteiger partial charge in [0.15, 0.2) is 5.88 Å². The lowest BCUT2D eigenvalue weighted by Gasteiger charge is -1.97. The largest absolute Gasteiger partial charge is 0.494 e. The highest BCUT2D eigenvalue weighted by Gasteiger charge is 2.15. The molecule has 0 aliphatic carbocycles. The lowest BCUT2D eigenvalue weighted by molar-refractivity contribution is 0.463. The van der Waals surface area contributed by atoms with Crippen molar-refractivity contribution in [3.05, 3.63) is 42.6 Å². The maximum absolute atomic E-state index is 9.95. The van der Waals surface area contributed by atoms with Gasteiger partial charge in [0, 0.05) is 16.5 Å². The van der Waals surface area contributed by atoms with Crippen LogP contribution < -0.4 is 5.73 Å². The molecule has 0 radical (unpaired) electrons. The van der Waals surface area contributed by atoms with Crippen molar-refractivity contribution in [2.75, 3.05) is 5.73 Å². The molecule has 0 amide bonds. The van der Waals surface area contributed by atoms with Gasteiger partial charge in [-0.3, -0.25) is 0 Å². The highest BCUT2D eigenvalue weighted by Crippen LogP contribution is 2.41. The first-order valence-corrected chi connectivity index (χ1v) is 7.00. The minimum atomic E-state index is 0.138. The fourth-order valence-electron chi connectivity index (χ4n) is 2.42. The zero-order valence-electron chi connectivity index (χ0n) is 10.4. The number of nitrogens with one attached hydrogen (secondary N) is 1. The smallest absolute Gasteiger partial charge is 0.199 e. The topological polar surface area (TPSA) is 74.9 Å². The first-order chi connectivity index (χ1) is 9.74. The lowest BCUT2D eigenvalue weighted by atomic mass is 10.1. The number of pyridine rings is 1. The van der Waals surface area contributed by atoms with Gasteiger partial charge in [-0.15, -0.1) is 11.3 Å². The molecule has 20 heavy (non-hydrogen) atoms. The number of aromatic nitrogens is 2. The third kappa shape index (κ3) is 1.50. The molecular formula is C15H11N3OS. The number of benzene rings is 1. The summed E-state index contributed by atoms with van der Waals surface area (Å²) in [5, 5.41) is 11.6. The van der Waals surface area contributed by atoms with Crippen LogP contribution in [-0.4, -0.2) is 15.1 Å². The standard InChI is InChI=1S/C15H11N3OS/c16-14-9-6-11(8-4-2-1-3-5-8)20-13(9)12-10(18-14)7-17-15(12)19/h1-7,17,19H,(H2,16,18). The van der Waals surface area contributed by atoms with E-state index in [-0.39, 0.29) is 5.88 Å². The van der Waals surface area contributed by atoms with E-state index in [2.05, 4.69) is 22.1 Å². The monoisotopic (exact) mass is 281 g/mol. The molecule has 0 unspecified atom stereocenters. The van der Waals surface area contributed by atoms with Gasteiger partial charge >= 0.3 is 0 Å². The van der Waals surface area contributed by atoms with E-state index in [1.807, 2.05) is 24.3 Å². The number of aromatic amines is 1. The zero-order valence-corrected chi connectivity index (χ0v) is 11.2. The number of thiophene rings is 1. The summed E-state index contributed by atoms with van der Waals surface area (Å²) < 4.78 is 0.963. The van der Waals surface area contributed by atoms with Gasteiger partial charge in [-0.1, -0.05) is 30.3 Å². The molecule has 0 bridgehead atoms. The third-order valence-electron chi connectivity index (χ3n) is 3.37. The van der Waals surface area contributed by atoms with Crippen LogP contribution in [-0.2, 0) is 0 Å². The number of anilines is 1. The first kappa shape index (κ1) is 11.3. The molecule has 4 N–H and O–H groups in total. The quantitative estimate of drug-likeness (QED) is 0.497. The minimum Gasteiger partial charge on any atom is -0.494 e. The van der Waals surface area contributed by atoms with Crippen molar-refractivity contribution in [1.29, 1.82) is 0 Å². The lowest BCUT2D eigenvalue weighted by Crippen LogP contribution is -1.89. The number of fused-ring (bicyclic) bond motifs is 3. The van der Waals surface area contributed by atoms with E-state index in [9.17, 15) is 5.11 Å². The molecule has 0 aliphatic rings. The van der Waals surface area contributed by atoms with Crippen LogP contribution in [0.25, 0.3) is 31.4 Å². The summed E-state index contributed by atoms with van der Waals surface area (Å²) in [5.74, 6) is 0.629. The number of rotatable bonds is 1. The average molecular weight is 281 g/mol. The molecule has 3 heterocycles. The maximum Gasteiger partial charge on any atom is 0.199 e. The summed E-state index contributed by atoms with van der Waals surface area (Å²) >= 11 is 1.61. The molecule has 4 rings (SSSR count). The fraction of sp³-hybridized carbons (Fsp3) is 0. The van der Waals surface area contributed by atoms with E-state index in [0.29, 0.717) is 11.3 Å². The van der Waals surface area contributed by atoms with Gasteiger partial charge in [0.1, 0.15) is 5.82 Å². The van der Waals surface area contributed by atoms with Gasteiger partial charge in [0.2, 0.25) is 0 Å². The molecule has 98 valence electrons. The number of hydrogen-bond acceptors (Lipinski definition) is 4. The first-order valence-electron chi connectivity index (χ1n) is 6.18. The van der Waals surface area contributed by atoms with Crippen molar-refractivity contribution < 1.29 is 5.11 Å². The summed E-state index contributed by atoms with van der Waals surface area (Å²) in [5.41, 5.74) is 7.85. The Labute approximate surface area is 118 Å². The average Bonchev–Trinajstić information content (AvgIpc) is 3.04. The van der Waals surface area contributed by atoms with Crippen LogP contribution in [0.3, 0.4) is 0 Å². The molecule has 4 aromatic rings. The molecular weight excluding hydrogens is 270 g/mol. The Kier molecular flexibility index (Phi) is 2.25. The summed E-state index contributed by atoms with van der Waals surface area (Å²) in [6.45, 7) is 0. The van der Waals surface area contributed by atoms with Gasteiger partial charge in [0.05, 0.1) is 15.6 Å². The van der Waals surface area contributed by atoms with Crippen molar-refractivity contribution in [2.24, 2.45) is 0 Å². The third-order valence-corrected chi connectivity index (χ3v) is 4.57. The highest BCUT2D eigenvalue weighted by atomic mass is 32.1. The molecule has 0 fully saturated rings. The minimum absolute atomic E-state index is 0.138. The van der Waals surface area contributed by atoms with Gasteiger partial charge in [-0.05, 0) is 11.6 Å². The Bertz CT molecular complexity index is 925. The molecule has 0 saturated carbocycles. The second-order valence-electron chi connectivity index (χ2n) is 4.61. The Balaban J connectivity index is 2.10. The second kappa shape index (κ2) is 3.98. The van der Waals surface area contributed by atoms with Gasteiger partial charge < -0.3 is 15.8 Å². The number of H-pyrrole nitrogens is 1.